The van der Waals surface area contributed by atoms with Gasteiger partial charge >= 0.3 is 5.69 Å². The number of aliphatic imine (C=N–C) groups is 1. The molecule has 0 aliphatic heterocycles. The Kier molecular flexibility index (Phi) is 13.5. The molecular formula is C33H44ClF2N7O. The molecule has 8 nitrogen and oxygen atoms in total. The van der Waals surface area contributed by atoms with Crippen LogP contribution in [0.25, 0.3) is 28.0 Å². The van der Waals surface area contributed by atoms with Gasteiger partial charge < -0.3 is 21.8 Å². The third-order valence-electron chi connectivity index (χ3n) is 7.25. The maximum Gasteiger partial charge on any atom is 0.354 e. The molecule has 11 heteroatoms. The zero-order valence-corrected chi connectivity index (χ0v) is 26.7. The Morgan fingerprint density at radius 2 is 1.89 bits per heavy atom. The topological polar surface area (TPSA) is 127 Å². The highest BCUT2D eigenvalue weighted by Crippen LogP contribution is 2.31. The summed E-state index contributed by atoms with van der Waals surface area (Å²) in [4.78, 5) is 24.6. The van der Waals surface area contributed by atoms with Gasteiger partial charge in [-0.05, 0) is 94.0 Å². The van der Waals surface area contributed by atoms with Crippen LogP contribution < -0.4 is 22.5 Å². The molecule has 0 amide bonds. The molecule has 0 saturated heterocycles. The molecule has 0 bridgehead atoms. The highest BCUT2D eigenvalue weighted by Gasteiger charge is 2.16. The minimum Gasteiger partial charge on any atom is -0.388 e. The minimum absolute atomic E-state index is 0.0598. The molecule has 6 N–H and O–H groups in total. The summed E-state index contributed by atoms with van der Waals surface area (Å²) in [5.41, 5.74) is 15.1. The number of nitrogens with two attached hydrogens (primary N) is 2. The van der Waals surface area contributed by atoms with Crippen molar-refractivity contribution in [3.63, 3.8) is 0 Å². The van der Waals surface area contributed by atoms with Crippen molar-refractivity contribution in [1.29, 1.82) is 0 Å². The first-order valence-electron chi connectivity index (χ1n) is 15.0. The van der Waals surface area contributed by atoms with Gasteiger partial charge in [0, 0.05) is 35.8 Å². The number of fused-ring (bicyclic) bond motifs is 1. The van der Waals surface area contributed by atoms with Crippen molar-refractivity contribution < 1.29 is 8.78 Å². The Hall–Kier alpha value is -3.60. The van der Waals surface area contributed by atoms with Gasteiger partial charge in [-0.3, -0.25) is 13.9 Å². The normalized spacial score (nSPS) is 13.0. The molecule has 2 aromatic heterocycles. The number of aromatic amines is 1. The molecule has 2 unspecified atom stereocenters. The predicted octanol–water partition coefficient (Wildman–Crippen LogP) is 6.63. The Balaban J connectivity index is 0.00000259. The monoisotopic (exact) mass is 627 g/mol. The lowest BCUT2D eigenvalue weighted by Gasteiger charge is -2.19. The first-order chi connectivity index (χ1) is 21.2. The number of benzene rings is 2. The van der Waals surface area contributed by atoms with Gasteiger partial charge in [0.05, 0.1) is 29.4 Å². The number of aromatic nitrogens is 3. The van der Waals surface area contributed by atoms with Crippen molar-refractivity contribution in [1.82, 2.24) is 19.9 Å². The third-order valence-corrected chi connectivity index (χ3v) is 7.52. The number of hydrogen-bond acceptors (Lipinski definition) is 5. The summed E-state index contributed by atoms with van der Waals surface area (Å²) in [6.07, 6.45) is 7.15. The Morgan fingerprint density at radius 3 is 2.55 bits per heavy atom. The molecule has 0 saturated carbocycles. The van der Waals surface area contributed by atoms with E-state index in [1.165, 1.54) is 4.57 Å². The molecule has 4 aromatic rings. The molecule has 0 radical (unpaired) electrons. The third kappa shape index (κ3) is 9.45. The summed E-state index contributed by atoms with van der Waals surface area (Å²) in [5, 5.41) is 4.36. The molecule has 2 atom stereocenters. The summed E-state index contributed by atoms with van der Waals surface area (Å²) < 4.78 is 26.1. The summed E-state index contributed by atoms with van der Waals surface area (Å²) in [5.74, 6) is 0.0893. The Bertz CT molecular complexity index is 1580. The smallest absolute Gasteiger partial charge is 0.354 e. The van der Waals surface area contributed by atoms with Crippen molar-refractivity contribution in [2.45, 2.75) is 71.4 Å². The Morgan fingerprint density at radius 1 is 1.16 bits per heavy atom. The van der Waals surface area contributed by atoms with Gasteiger partial charge in [-0.2, -0.15) is 4.98 Å². The zero-order valence-electron chi connectivity index (χ0n) is 26.0. The average molecular weight is 628 g/mol. The lowest BCUT2D eigenvalue weighted by atomic mass is 10.0. The van der Waals surface area contributed by atoms with Crippen LogP contribution in [0.2, 0.25) is 5.02 Å². The van der Waals surface area contributed by atoms with Crippen molar-refractivity contribution in [3.05, 3.63) is 81.1 Å². The summed E-state index contributed by atoms with van der Waals surface area (Å²) in [6.45, 7) is 7.46. The first kappa shape index (κ1) is 34.9. The molecule has 0 fully saturated rings. The van der Waals surface area contributed by atoms with Gasteiger partial charge in [0.25, 0.3) is 0 Å². The number of hydrogen-bond donors (Lipinski definition) is 4. The van der Waals surface area contributed by atoms with Crippen molar-refractivity contribution >= 4 is 28.5 Å². The van der Waals surface area contributed by atoms with E-state index in [4.69, 9.17) is 23.1 Å². The van der Waals surface area contributed by atoms with Crippen LogP contribution in [0.3, 0.4) is 0 Å². The largest absolute Gasteiger partial charge is 0.388 e. The maximum absolute atomic E-state index is 15.1. The lowest BCUT2D eigenvalue weighted by Crippen LogP contribution is -2.23. The van der Waals surface area contributed by atoms with E-state index in [1.54, 1.807) is 31.3 Å². The molecular weight excluding hydrogens is 584 g/mol. The fraction of sp³-hybridized carbons (Fsp3) is 0.424. The van der Waals surface area contributed by atoms with Gasteiger partial charge in [0.15, 0.2) is 5.82 Å². The molecule has 0 aliphatic carbocycles. The summed E-state index contributed by atoms with van der Waals surface area (Å²) in [7, 11) is 0.500. The van der Waals surface area contributed by atoms with Gasteiger partial charge in [0.2, 0.25) is 0 Å². The van der Waals surface area contributed by atoms with E-state index in [0.29, 0.717) is 47.5 Å². The van der Waals surface area contributed by atoms with Crippen LogP contribution in [0, 0.1) is 5.82 Å². The molecule has 2 heterocycles. The summed E-state index contributed by atoms with van der Waals surface area (Å²) in [6, 6.07) is 13.5. The number of alkyl halides is 1. The lowest BCUT2D eigenvalue weighted by molar-refractivity contribution is 0.490. The number of amidine groups is 1. The number of H-pyrrole nitrogens is 1. The second-order valence-electron chi connectivity index (χ2n) is 11.0. The number of nitrogens with one attached hydrogen (secondary N) is 2. The molecule has 4 rings (SSSR count). The fourth-order valence-corrected chi connectivity index (χ4v) is 5.33. The number of nitrogens with zero attached hydrogens (tertiary/aromatic N) is 3. The van der Waals surface area contributed by atoms with Crippen LogP contribution in [0.1, 0.15) is 70.0 Å². The second-order valence-corrected chi connectivity index (χ2v) is 11.4. The molecule has 238 valence electrons. The average Bonchev–Trinajstić information content (AvgIpc) is 3.41. The standard InChI is InChI=1S/C32H41ClFN7O.CH3F/c1-4-7-28(38-15-6-14-37-21(3)36)23-10-12-25(13-11-23)41-19-24-18-29(39-31(24)40-32(41)42)26-16-22(9-5-8-20(2)35)17-27(33)30(26)34;1-2/h10-13,16-20,28,38H,4-9,14-15,35H2,1-3H3,(H2,36,37)(H,39,40,42);1H3. The van der Waals surface area contributed by atoms with Gasteiger partial charge in [-0.15, -0.1) is 0 Å². The first-order valence-corrected chi connectivity index (χ1v) is 15.4. The van der Waals surface area contributed by atoms with E-state index in [9.17, 15) is 9.18 Å². The van der Waals surface area contributed by atoms with Crippen molar-refractivity contribution in [2.75, 3.05) is 20.3 Å². The van der Waals surface area contributed by atoms with E-state index < -0.39 is 11.5 Å². The number of halogens is 3. The highest BCUT2D eigenvalue weighted by molar-refractivity contribution is 6.31. The molecule has 2 aromatic carbocycles. The molecule has 0 spiro atoms. The van der Waals surface area contributed by atoms with Crippen LogP contribution in [-0.2, 0) is 6.42 Å². The van der Waals surface area contributed by atoms with E-state index >= 15 is 4.39 Å². The van der Waals surface area contributed by atoms with Crippen LogP contribution in [0.5, 0.6) is 0 Å². The van der Waals surface area contributed by atoms with Crippen molar-refractivity contribution in [3.8, 4) is 16.9 Å². The van der Waals surface area contributed by atoms with Gasteiger partial charge in [-0.1, -0.05) is 37.1 Å². The maximum atomic E-state index is 15.1. The van der Waals surface area contributed by atoms with Crippen LogP contribution >= 0.6 is 11.6 Å². The number of rotatable bonds is 14. The molecule has 44 heavy (non-hydrogen) atoms. The van der Waals surface area contributed by atoms with Crippen molar-refractivity contribution in [2.24, 2.45) is 16.5 Å². The quantitative estimate of drug-likeness (QED) is 0.0709. The zero-order chi connectivity index (χ0) is 32.2. The molecule has 0 aliphatic rings. The minimum atomic E-state index is -0.512. The predicted molar refractivity (Wildman–Crippen MR) is 178 cm³/mol. The van der Waals surface area contributed by atoms with E-state index in [-0.39, 0.29) is 17.1 Å². The van der Waals surface area contributed by atoms with Crippen LogP contribution in [0.4, 0.5) is 8.78 Å². The van der Waals surface area contributed by atoms with Crippen LogP contribution in [0.15, 0.2) is 58.4 Å². The van der Waals surface area contributed by atoms with E-state index in [0.717, 1.165) is 56.2 Å². The Labute approximate surface area is 262 Å². The van der Waals surface area contributed by atoms with Gasteiger partial charge in [0.1, 0.15) is 5.65 Å². The van der Waals surface area contributed by atoms with E-state index in [2.05, 4.69) is 27.2 Å². The number of aryl methyl sites for hydroxylation is 1. The van der Waals surface area contributed by atoms with Crippen LogP contribution in [-0.4, -0.2) is 46.7 Å². The van der Waals surface area contributed by atoms with E-state index in [1.807, 2.05) is 31.2 Å². The van der Waals surface area contributed by atoms with Gasteiger partial charge in [-0.25, -0.2) is 9.18 Å². The highest BCUT2D eigenvalue weighted by atomic mass is 35.5. The summed E-state index contributed by atoms with van der Waals surface area (Å²) >= 11 is 6.25. The second kappa shape index (κ2) is 17.0. The fourth-order valence-electron chi connectivity index (χ4n) is 5.09. The SMILES string of the molecule is CCCC(NCCCN=C(C)N)c1ccc(-n2cc3cc(-c4cc(CCCC(C)N)cc(Cl)c4F)[nH]c3nc2=O)cc1.CF.